The number of carboxylic acid groups (broad SMARTS) is 1. The summed E-state index contributed by atoms with van der Waals surface area (Å²) in [5.41, 5.74) is 9.17. The fourth-order valence-corrected chi connectivity index (χ4v) is 4.81. The molecule has 1 aliphatic heterocycles. The highest BCUT2D eigenvalue weighted by atomic mass is 16.4. The van der Waals surface area contributed by atoms with E-state index in [1.54, 1.807) is 11.1 Å². The maximum atomic E-state index is 13.7. The molecule has 0 radical (unpaired) electrons. The molecule has 2 heterocycles. The van der Waals surface area contributed by atoms with Crippen molar-refractivity contribution >= 4 is 45.4 Å². The van der Waals surface area contributed by atoms with Crippen molar-refractivity contribution < 1.29 is 14.7 Å². The molecule has 0 aliphatic carbocycles. The van der Waals surface area contributed by atoms with Gasteiger partial charge >= 0.3 is 5.97 Å². The van der Waals surface area contributed by atoms with Crippen LogP contribution in [0.25, 0.3) is 16.5 Å². The van der Waals surface area contributed by atoms with Gasteiger partial charge in [0.05, 0.1) is 22.5 Å². The van der Waals surface area contributed by atoms with Gasteiger partial charge in [0.15, 0.2) is 0 Å². The molecule has 3 N–H and O–H groups in total. The van der Waals surface area contributed by atoms with E-state index >= 15 is 0 Å². The summed E-state index contributed by atoms with van der Waals surface area (Å²) in [6.45, 7) is 6.10. The molecular weight excluding hydrogens is 438 g/mol. The number of H-pyrrole nitrogens is 1. The van der Waals surface area contributed by atoms with E-state index in [0.717, 1.165) is 55.8 Å². The maximum Gasteiger partial charge on any atom is 0.303 e. The van der Waals surface area contributed by atoms with E-state index < -0.39 is 5.97 Å². The molecule has 0 spiro atoms. The van der Waals surface area contributed by atoms with Crippen LogP contribution in [-0.4, -0.2) is 22.0 Å². The first-order chi connectivity index (χ1) is 16.8. The third-order valence-corrected chi connectivity index (χ3v) is 6.36. The van der Waals surface area contributed by atoms with Gasteiger partial charge in [-0.05, 0) is 73.7 Å². The molecule has 3 aromatic carbocycles. The molecule has 1 aliphatic rings. The number of nitrogens with one attached hydrogen (secondary N) is 2. The van der Waals surface area contributed by atoms with Gasteiger partial charge in [0.1, 0.15) is 0 Å². The van der Waals surface area contributed by atoms with Gasteiger partial charge in [0, 0.05) is 35.5 Å². The Morgan fingerprint density at radius 3 is 2.54 bits per heavy atom. The van der Waals surface area contributed by atoms with Crippen molar-refractivity contribution in [3.8, 4) is 0 Å². The molecule has 176 valence electrons. The van der Waals surface area contributed by atoms with Crippen LogP contribution in [0.1, 0.15) is 34.2 Å². The molecule has 6 heteroatoms. The third-order valence-electron chi connectivity index (χ3n) is 6.36. The predicted molar refractivity (Wildman–Crippen MR) is 140 cm³/mol. The highest BCUT2D eigenvalue weighted by Gasteiger charge is 2.33. The van der Waals surface area contributed by atoms with Crippen molar-refractivity contribution in [1.29, 1.82) is 0 Å². The minimum Gasteiger partial charge on any atom is -0.481 e. The smallest absolute Gasteiger partial charge is 0.303 e. The largest absolute Gasteiger partial charge is 0.481 e. The van der Waals surface area contributed by atoms with Crippen LogP contribution in [0.15, 0.2) is 67.0 Å². The maximum absolute atomic E-state index is 13.7. The first-order valence-electron chi connectivity index (χ1n) is 11.6. The van der Waals surface area contributed by atoms with Gasteiger partial charge in [-0.2, -0.15) is 0 Å². The van der Waals surface area contributed by atoms with Crippen LogP contribution in [-0.2, 0) is 16.0 Å². The van der Waals surface area contributed by atoms with Crippen LogP contribution in [0.4, 0.5) is 17.1 Å². The highest BCUT2D eigenvalue weighted by Crippen LogP contribution is 2.42. The minimum absolute atomic E-state index is 0.0770. The summed E-state index contributed by atoms with van der Waals surface area (Å²) in [5.74, 6) is -0.899. The Morgan fingerprint density at radius 1 is 1.03 bits per heavy atom. The Bertz CT molecular complexity index is 1490. The normalized spacial score (nSPS) is 14.1. The van der Waals surface area contributed by atoms with E-state index in [4.69, 9.17) is 5.11 Å². The highest BCUT2D eigenvalue weighted by molar-refractivity contribution is 6.35. The number of aliphatic carboxylic acids is 1. The standard InChI is InChI=1S/C29H27N3O3/c1-17-7-9-23-24(29(35)32(26(23)14-17)21-12-18(2)11-19(3)13-21)16-30-25-6-4-5-22-20(8-10-27(33)34)15-31-28(22)25/h4-7,9,11-16,30-31H,8,10H2,1-3H3,(H,33,34)/b24-16-. The molecule has 0 atom stereocenters. The Hall–Kier alpha value is -4.32. The van der Waals surface area contributed by atoms with Gasteiger partial charge < -0.3 is 15.4 Å². The topological polar surface area (TPSA) is 85.4 Å². The summed E-state index contributed by atoms with van der Waals surface area (Å²) in [5, 5.41) is 13.3. The number of aromatic amines is 1. The van der Waals surface area contributed by atoms with Gasteiger partial charge in [-0.15, -0.1) is 0 Å². The summed E-state index contributed by atoms with van der Waals surface area (Å²) in [6.07, 6.45) is 4.15. The molecule has 6 nitrogen and oxygen atoms in total. The number of hydrogen-bond donors (Lipinski definition) is 3. The number of amides is 1. The molecule has 5 rings (SSSR count). The van der Waals surface area contributed by atoms with Crippen LogP contribution >= 0.6 is 0 Å². The zero-order valence-corrected chi connectivity index (χ0v) is 20.0. The number of carbonyl (C=O) groups excluding carboxylic acids is 1. The number of nitrogens with zero attached hydrogens (tertiary/aromatic N) is 1. The number of benzene rings is 3. The number of anilines is 3. The Kier molecular flexibility index (Phi) is 5.65. The second kappa shape index (κ2) is 8.80. The summed E-state index contributed by atoms with van der Waals surface area (Å²) in [6, 6.07) is 18.1. The average Bonchev–Trinajstić information content (AvgIpc) is 3.33. The lowest BCUT2D eigenvalue weighted by atomic mass is 10.1. The fraction of sp³-hybridized carbons (Fsp3) is 0.172. The molecule has 1 amide bonds. The first kappa shape index (κ1) is 22.5. The van der Waals surface area contributed by atoms with Crippen molar-refractivity contribution in [2.75, 3.05) is 10.2 Å². The quantitative estimate of drug-likeness (QED) is 0.294. The second-order valence-electron chi connectivity index (χ2n) is 9.15. The summed E-state index contributed by atoms with van der Waals surface area (Å²) >= 11 is 0. The molecule has 4 aromatic rings. The Labute approximate surface area is 203 Å². The van der Waals surface area contributed by atoms with Gasteiger partial charge in [-0.3, -0.25) is 14.5 Å². The van der Waals surface area contributed by atoms with Crippen molar-refractivity contribution in [3.63, 3.8) is 0 Å². The number of carboxylic acids is 1. The number of fused-ring (bicyclic) bond motifs is 2. The second-order valence-corrected chi connectivity index (χ2v) is 9.15. The number of para-hydroxylation sites is 1. The van der Waals surface area contributed by atoms with Gasteiger partial charge in [-0.1, -0.05) is 30.3 Å². The molecule has 0 saturated carbocycles. The number of rotatable bonds is 6. The monoisotopic (exact) mass is 465 g/mol. The molecule has 35 heavy (non-hydrogen) atoms. The molecule has 0 bridgehead atoms. The number of hydrogen-bond acceptors (Lipinski definition) is 3. The molecule has 0 saturated heterocycles. The van der Waals surface area contributed by atoms with Crippen molar-refractivity contribution in [2.45, 2.75) is 33.6 Å². The van der Waals surface area contributed by atoms with E-state index in [9.17, 15) is 9.59 Å². The van der Waals surface area contributed by atoms with Crippen LogP contribution in [0.2, 0.25) is 0 Å². The first-order valence-corrected chi connectivity index (χ1v) is 11.6. The molecular formula is C29H27N3O3. The number of aryl methyl sites for hydroxylation is 4. The third kappa shape index (κ3) is 4.19. The summed E-state index contributed by atoms with van der Waals surface area (Å²) in [7, 11) is 0. The fourth-order valence-electron chi connectivity index (χ4n) is 4.81. The molecule has 0 unspecified atom stereocenters. The predicted octanol–water partition coefficient (Wildman–Crippen LogP) is 6.24. The summed E-state index contributed by atoms with van der Waals surface area (Å²) in [4.78, 5) is 29.7. The van der Waals surface area contributed by atoms with Gasteiger partial charge in [-0.25, -0.2) is 0 Å². The number of carbonyl (C=O) groups is 2. The van der Waals surface area contributed by atoms with Gasteiger partial charge in [0.25, 0.3) is 5.91 Å². The van der Waals surface area contributed by atoms with Crippen LogP contribution in [0.5, 0.6) is 0 Å². The van der Waals surface area contributed by atoms with Crippen molar-refractivity contribution in [3.05, 3.63) is 94.8 Å². The van der Waals surface area contributed by atoms with Crippen molar-refractivity contribution in [1.82, 2.24) is 4.98 Å². The lowest BCUT2D eigenvalue weighted by molar-refractivity contribution is -0.137. The average molecular weight is 466 g/mol. The van der Waals surface area contributed by atoms with Crippen LogP contribution in [0, 0.1) is 20.8 Å². The molecule has 1 aromatic heterocycles. The van der Waals surface area contributed by atoms with Crippen LogP contribution in [0.3, 0.4) is 0 Å². The van der Waals surface area contributed by atoms with E-state index in [2.05, 4.69) is 16.4 Å². The number of aromatic nitrogens is 1. The van der Waals surface area contributed by atoms with E-state index in [0.29, 0.717) is 12.0 Å². The van der Waals surface area contributed by atoms with E-state index in [-0.39, 0.29) is 12.3 Å². The summed E-state index contributed by atoms with van der Waals surface area (Å²) < 4.78 is 0. The Morgan fingerprint density at radius 2 is 1.80 bits per heavy atom. The van der Waals surface area contributed by atoms with E-state index in [1.165, 1.54) is 0 Å². The van der Waals surface area contributed by atoms with Crippen LogP contribution < -0.4 is 10.2 Å². The lowest BCUT2D eigenvalue weighted by Crippen LogP contribution is -2.21. The minimum atomic E-state index is -0.819. The Balaban J connectivity index is 1.53. The SMILES string of the molecule is Cc1cc(C)cc(N2C(=O)/C(=C\Nc3cccc4c(CCC(=O)O)c[nH]c34)c3ccc(C)cc32)c1. The zero-order valence-electron chi connectivity index (χ0n) is 20.0. The van der Waals surface area contributed by atoms with Crippen molar-refractivity contribution in [2.24, 2.45) is 0 Å². The lowest BCUT2D eigenvalue weighted by Gasteiger charge is -2.19. The molecule has 0 fully saturated rings. The zero-order chi connectivity index (χ0) is 24.7. The van der Waals surface area contributed by atoms with E-state index in [1.807, 2.05) is 75.5 Å². The van der Waals surface area contributed by atoms with Gasteiger partial charge in [0.2, 0.25) is 0 Å².